The SMILES string of the molecule is O=C1CN(c2ccc(F)cc2)c2cc(Br)ccc2N1. The molecule has 1 aliphatic heterocycles. The average molecular weight is 321 g/mol. The number of anilines is 3. The van der Waals surface area contributed by atoms with Gasteiger partial charge in [-0.3, -0.25) is 4.79 Å². The van der Waals surface area contributed by atoms with Gasteiger partial charge in [0.05, 0.1) is 11.4 Å². The summed E-state index contributed by atoms with van der Waals surface area (Å²) < 4.78 is 13.9. The third-order valence-electron chi connectivity index (χ3n) is 2.96. The van der Waals surface area contributed by atoms with Gasteiger partial charge in [-0.05, 0) is 42.5 Å². The zero-order valence-electron chi connectivity index (χ0n) is 9.86. The van der Waals surface area contributed by atoms with Crippen LogP contribution in [0.1, 0.15) is 0 Å². The van der Waals surface area contributed by atoms with Gasteiger partial charge in [-0.1, -0.05) is 15.9 Å². The molecule has 96 valence electrons. The van der Waals surface area contributed by atoms with Gasteiger partial charge in [0, 0.05) is 10.2 Å². The molecule has 0 saturated carbocycles. The van der Waals surface area contributed by atoms with Crippen molar-refractivity contribution < 1.29 is 9.18 Å². The van der Waals surface area contributed by atoms with Crippen molar-refractivity contribution in [3.63, 3.8) is 0 Å². The first-order chi connectivity index (χ1) is 9.13. The Morgan fingerprint density at radius 3 is 2.63 bits per heavy atom. The van der Waals surface area contributed by atoms with E-state index < -0.39 is 0 Å². The minimum Gasteiger partial charge on any atom is -0.330 e. The summed E-state index contributed by atoms with van der Waals surface area (Å²) in [5.41, 5.74) is 2.43. The molecule has 0 unspecified atom stereocenters. The number of fused-ring (bicyclic) bond motifs is 1. The van der Waals surface area contributed by atoms with Gasteiger partial charge in [0.1, 0.15) is 12.4 Å². The Morgan fingerprint density at radius 2 is 1.89 bits per heavy atom. The van der Waals surface area contributed by atoms with Crippen molar-refractivity contribution in [3.8, 4) is 0 Å². The van der Waals surface area contributed by atoms with E-state index in [0.717, 1.165) is 21.5 Å². The average Bonchev–Trinajstić information content (AvgIpc) is 2.39. The molecule has 2 aromatic rings. The highest BCUT2D eigenvalue weighted by Gasteiger charge is 2.23. The number of rotatable bonds is 1. The van der Waals surface area contributed by atoms with E-state index in [1.807, 2.05) is 23.1 Å². The lowest BCUT2D eigenvalue weighted by molar-refractivity contribution is -0.115. The summed E-state index contributed by atoms with van der Waals surface area (Å²) in [6.07, 6.45) is 0. The molecule has 1 amide bonds. The summed E-state index contributed by atoms with van der Waals surface area (Å²) in [5.74, 6) is -0.376. The second-order valence-electron chi connectivity index (χ2n) is 4.27. The number of nitrogens with zero attached hydrogens (tertiary/aromatic N) is 1. The predicted octanol–water partition coefficient (Wildman–Crippen LogP) is 3.68. The topological polar surface area (TPSA) is 32.3 Å². The fourth-order valence-electron chi connectivity index (χ4n) is 2.10. The maximum absolute atomic E-state index is 13.0. The summed E-state index contributed by atoms with van der Waals surface area (Å²) in [4.78, 5) is 13.6. The quantitative estimate of drug-likeness (QED) is 0.869. The van der Waals surface area contributed by atoms with Crippen LogP contribution in [0.5, 0.6) is 0 Å². The Labute approximate surface area is 118 Å². The molecule has 0 spiro atoms. The van der Waals surface area contributed by atoms with Gasteiger partial charge in [-0.25, -0.2) is 4.39 Å². The molecule has 1 N–H and O–H groups in total. The van der Waals surface area contributed by atoms with E-state index in [-0.39, 0.29) is 18.3 Å². The van der Waals surface area contributed by atoms with Crippen molar-refractivity contribution >= 4 is 38.9 Å². The molecule has 0 aliphatic carbocycles. The van der Waals surface area contributed by atoms with Crippen molar-refractivity contribution in [1.29, 1.82) is 0 Å². The van der Waals surface area contributed by atoms with Gasteiger partial charge in [0.2, 0.25) is 5.91 Å². The monoisotopic (exact) mass is 320 g/mol. The maximum atomic E-state index is 13.0. The smallest absolute Gasteiger partial charge is 0.244 e. The molecule has 1 heterocycles. The fourth-order valence-corrected chi connectivity index (χ4v) is 2.45. The number of nitrogens with one attached hydrogen (secondary N) is 1. The molecule has 0 bridgehead atoms. The molecule has 5 heteroatoms. The highest BCUT2D eigenvalue weighted by Crippen LogP contribution is 2.36. The number of hydrogen-bond donors (Lipinski definition) is 1. The van der Waals surface area contributed by atoms with Gasteiger partial charge in [-0.2, -0.15) is 0 Å². The van der Waals surface area contributed by atoms with Crippen LogP contribution in [0.2, 0.25) is 0 Å². The van der Waals surface area contributed by atoms with E-state index in [4.69, 9.17) is 0 Å². The molecule has 3 rings (SSSR count). The lowest BCUT2D eigenvalue weighted by atomic mass is 10.1. The van der Waals surface area contributed by atoms with Crippen LogP contribution in [0, 0.1) is 5.82 Å². The zero-order valence-corrected chi connectivity index (χ0v) is 11.4. The Kier molecular flexibility index (Phi) is 2.98. The summed E-state index contributed by atoms with van der Waals surface area (Å²) in [6.45, 7) is 0.217. The van der Waals surface area contributed by atoms with Crippen molar-refractivity contribution in [1.82, 2.24) is 0 Å². The van der Waals surface area contributed by atoms with Gasteiger partial charge < -0.3 is 10.2 Å². The molecule has 2 aromatic carbocycles. The number of hydrogen-bond acceptors (Lipinski definition) is 2. The van der Waals surface area contributed by atoms with E-state index in [2.05, 4.69) is 21.2 Å². The first-order valence-electron chi connectivity index (χ1n) is 5.76. The van der Waals surface area contributed by atoms with E-state index in [9.17, 15) is 9.18 Å². The fraction of sp³-hybridized carbons (Fsp3) is 0.0714. The summed E-state index contributed by atoms with van der Waals surface area (Å²) in [7, 11) is 0. The molecule has 0 saturated heterocycles. The number of carbonyl (C=O) groups excluding carboxylic acids is 1. The molecular formula is C14H10BrFN2O. The first kappa shape index (κ1) is 12.2. The van der Waals surface area contributed by atoms with Crippen LogP contribution in [0.4, 0.5) is 21.5 Å². The minimum absolute atomic E-state index is 0.0841. The molecule has 19 heavy (non-hydrogen) atoms. The highest BCUT2D eigenvalue weighted by molar-refractivity contribution is 9.10. The van der Waals surface area contributed by atoms with Crippen molar-refractivity contribution in [2.24, 2.45) is 0 Å². The summed E-state index contributed by atoms with van der Waals surface area (Å²) in [6, 6.07) is 11.7. The van der Waals surface area contributed by atoms with Crippen LogP contribution in [-0.2, 0) is 4.79 Å². The maximum Gasteiger partial charge on any atom is 0.244 e. The Hall–Kier alpha value is -1.88. The van der Waals surface area contributed by atoms with Crippen LogP contribution in [0.3, 0.4) is 0 Å². The summed E-state index contributed by atoms with van der Waals surface area (Å²) >= 11 is 3.42. The molecular weight excluding hydrogens is 311 g/mol. The first-order valence-corrected chi connectivity index (χ1v) is 6.55. The van der Waals surface area contributed by atoms with Gasteiger partial charge in [-0.15, -0.1) is 0 Å². The molecule has 1 aliphatic rings. The Bertz CT molecular complexity index is 642. The highest BCUT2D eigenvalue weighted by atomic mass is 79.9. The van der Waals surface area contributed by atoms with Crippen LogP contribution in [-0.4, -0.2) is 12.5 Å². The van der Waals surface area contributed by atoms with Crippen molar-refractivity contribution in [3.05, 3.63) is 52.8 Å². The van der Waals surface area contributed by atoms with Gasteiger partial charge >= 0.3 is 0 Å². The van der Waals surface area contributed by atoms with Crippen LogP contribution in [0.25, 0.3) is 0 Å². The Balaban J connectivity index is 2.09. The number of halogens is 2. The van der Waals surface area contributed by atoms with E-state index >= 15 is 0 Å². The molecule has 0 atom stereocenters. The third kappa shape index (κ3) is 2.33. The predicted molar refractivity (Wildman–Crippen MR) is 76.2 cm³/mol. The number of amides is 1. The van der Waals surface area contributed by atoms with Gasteiger partial charge in [0.15, 0.2) is 0 Å². The van der Waals surface area contributed by atoms with Crippen LogP contribution in [0.15, 0.2) is 46.9 Å². The minimum atomic E-state index is -0.292. The standard InChI is InChI=1S/C14H10BrFN2O/c15-9-1-6-12-13(7-9)18(8-14(19)17-12)11-4-2-10(16)3-5-11/h1-7H,8H2,(H,17,19). The molecule has 0 radical (unpaired) electrons. The van der Waals surface area contributed by atoms with Crippen molar-refractivity contribution in [2.75, 3.05) is 16.8 Å². The third-order valence-corrected chi connectivity index (χ3v) is 3.46. The normalized spacial score (nSPS) is 14.0. The summed E-state index contributed by atoms with van der Waals surface area (Å²) in [5, 5.41) is 2.82. The molecule has 0 fully saturated rings. The second kappa shape index (κ2) is 4.66. The largest absolute Gasteiger partial charge is 0.330 e. The van der Waals surface area contributed by atoms with E-state index in [0.29, 0.717) is 0 Å². The van der Waals surface area contributed by atoms with E-state index in [1.54, 1.807) is 12.1 Å². The lowest BCUT2D eigenvalue weighted by Crippen LogP contribution is -2.35. The van der Waals surface area contributed by atoms with Gasteiger partial charge in [0.25, 0.3) is 0 Å². The number of carbonyl (C=O) groups is 1. The van der Waals surface area contributed by atoms with E-state index in [1.165, 1.54) is 12.1 Å². The Morgan fingerprint density at radius 1 is 1.16 bits per heavy atom. The zero-order chi connectivity index (χ0) is 13.4. The van der Waals surface area contributed by atoms with Crippen LogP contribution < -0.4 is 10.2 Å². The van der Waals surface area contributed by atoms with Crippen LogP contribution >= 0.6 is 15.9 Å². The van der Waals surface area contributed by atoms with Crippen molar-refractivity contribution in [2.45, 2.75) is 0 Å². The molecule has 3 nitrogen and oxygen atoms in total. The second-order valence-corrected chi connectivity index (χ2v) is 5.19. The number of benzene rings is 2. The lowest BCUT2D eigenvalue weighted by Gasteiger charge is -2.31. The molecule has 0 aromatic heterocycles.